The second-order valence-electron chi connectivity index (χ2n) is 4.79. The molecule has 19 heavy (non-hydrogen) atoms. The molecular formula is C15H19NO3. The highest BCUT2D eigenvalue weighted by atomic mass is 16.5. The zero-order chi connectivity index (χ0) is 12.9. The highest BCUT2D eigenvalue weighted by Gasteiger charge is 2.14. The quantitative estimate of drug-likeness (QED) is 0.813. The van der Waals surface area contributed by atoms with Gasteiger partial charge in [-0.05, 0) is 37.1 Å². The molecule has 1 atom stereocenters. The van der Waals surface area contributed by atoms with Crippen molar-refractivity contribution in [3.05, 3.63) is 30.5 Å². The van der Waals surface area contributed by atoms with E-state index in [4.69, 9.17) is 14.2 Å². The van der Waals surface area contributed by atoms with Crippen molar-refractivity contribution >= 4 is 10.9 Å². The average Bonchev–Trinajstić information content (AvgIpc) is 3.08. The first-order valence-electron chi connectivity index (χ1n) is 6.81. The van der Waals surface area contributed by atoms with Crippen molar-refractivity contribution in [1.82, 2.24) is 4.98 Å². The van der Waals surface area contributed by atoms with E-state index in [9.17, 15) is 0 Å². The van der Waals surface area contributed by atoms with Crippen LogP contribution in [0.15, 0.2) is 30.5 Å². The van der Waals surface area contributed by atoms with Gasteiger partial charge in [0.25, 0.3) is 0 Å². The van der Waals surface area contributed by atoms with Crippen LogP contribution >= 0.6 is 0 Å². The highest BCUT2D eigenvalue weighted by molar-refractivity contribution is 5.80. The second kappa shape index (κ2) is 6.08. The summed E-state index contributed by atoms with van der Waals surface area (Å²) in [6.45, 7) is 2.73. The number of ether oxygens (including phenoxy) is 3. The Labute approximate surface area is 112 Å². The molecule has 0 spiro atoms. The van der Waals surface area contributed by atoms with Gasteiger partial charge in [0.2, 0.25) is 0 Å². The van der Waals surface area contributed by atoms with Crippen LogP contribution in [0.2, 0.25) is 0 Å². The Hall–Kier alpha value is -1.52. The van der Waals surface area contributed by atoms with E-state index in [-0.39, 0.29) is 6.10 Å². The van der Waals surface area contributed by atoms with Crippen LogP contribution in [0.25, 0.3) is 10.9 Å². The van der Waals surface area contributed by atoms with Crippen molar-refractivity contribution in [2.45, 2.75) is 18.9 Å². The molecule has 4 heteroatoms. The summed E-state index contributed by atoms with van der Waals surface area (Å²) in [6.07, 6.45) is 4.49. The van der Waals surface area contributed by atoms with E-state index < -0.39 is 0 Å². The monoisotopic (exact) mass is 261 g/mol. The summed E-state index contributed by atoms with van der Waals surface area (Å²) >= 11 is 0. The van der Waals surface area contributed by atoms with Crippen molar-refractivity contribution in [3.63, 3.8) is 0 Å². The third-order valence-electron chi connectivity index (χ3n) is 3.35. The normalized spacial score (nSPS) is 19.1. The average molecular weight is 261 g/mol. The van der Waals surface area contributed by atoms with Gasteiger partial charge in [0, 0.05) is 23.7 Å². The first-order chi connectivity index (χ1) is 9.42. The molecule has 1 aliphatic heterocycles. The lowest BCUT2D eigenvalue weighted by atomic mass is 10.2. The van der Waals surface area contributed by atoms with E-state index in [0.717, 1.165) is 36.1 Å². The lowest BCUT2D eigenvalue weighted by molar-refractivity contribution is 0.00854. The van der Waals surface area contributed by atoms with Crippen LogP contribution in [0.4, 0.5) is 0 Å². The number of hydrogen-bond donors (Lipinski definition) is 1. The summed E-state index contributed by atoms with van der Waals surface area (Å²) in [5.74, 6) is 0.882. The van der Waals surface area contributed by atoms with Crippen LogP contribution in [0.5, 0.6) is 5.75 Å². The smallest absolute Gasteiger partial charge is 0.120 e. The summed E-state index contributed by atoms with van der Waals surface area (Å²) in [7, 11) is 0. The molecule has 0 aliphatic carbocycles. The van der Waals surface area contributed by atoms with Crippen molar-refractivity contribution in [1.29, 1.82) is 0 Å². The number of benzene rings is 1. The molecule has 0 unspecified atom stereocenters. The number of rotatable bonds is 6. The Morgan fingerprint density at radius 2 is 2.26 bits per heavy atom. The number of aromatic nitrogens is 1. The molecule has 0 saturated carbocycles. The Morgan fingerprint density at radius 1 is 1.26 bits per heavy atom. The molecule has 0 amide bonds. The molecule has 4 nitrogen and oxygen atoms in total. The van der Waals surface area contributed by atoms with Crippen LogP contribution in [-0.4, -0.2) is 37.5 Å². The largest absolute Gasteiger partial charge is 0.491 e. The topological polar surface area (TPSA) is 43.5 Å². The molecule has 1 aromatic heterocycles. The minimum Gasteiger partial charge on any atom is -0.491 e. The number of fused-ring (bicyclic) bond motifs is 1. The number of nitrogens with one attached hydrogen (secondary N) is 1. The van der Waals surface area contributed by atoms with Gasteiger partial charge in [0.15, 0.2) is 0 Å². The number of hydrogen-bond acceptors (Lipinski definition) is 3. The summed E-state index contributed by atoms with van der Waals surface area (Å²) in [5.41, 5.74) is 1.13. The third kappa shape index (κ3) is 3.28. The summed E-state index contributed by atoms with van der Waals surface area (Å²) in [5, 5.41) is 1.16. The first kappa shape index (κ1) is 12.5. The van der Waals surface area contributed by atoms with E-state index in [2.05, 4.69) is 4.98 Å². The minimum absolute atomic E-state index is 0.288. The Bertz CT molecular complexity index is 517. The van der Waals surface area contributed by atoms with Crippen LogP contribution in [0, 0.1) is 0 Å². The van der Waals surface area contributed by atoms with Crippen molar-refractivity contribution < 1.29 is 14.2 Å². The van der Waals surface area contributed by atoms with Gasteiger partial charge in [0.05, 0.1) is 19.3 Å². The standard InChI is InChI=1S/C15H19NO3/c1-2-14(18-7-1)11-17-8-9-19-13-3-4-15-12(10-13)5-6-16-15/h3-6,10,14,16H,1-2,7-9,11H2/t14-/m0/s1. The highest BCUT2D eigenvalue weighted by Crippen LogP contribution is 2.19. The summed E-state index contributed by atoms with van der Waals surface area (Å²) in [4.78, 5) is 3.16. The van der Waals surface area contributed by atoms with Crippen molar-refractivity contribution in [2.75, 3.05) is 26.4 Å². The zero-order valence-corrected chi connectivity index (χ0v) is 10.9. The van der Waals surface area contributed by atoms with Crippen molar-refractivity contribution in [3.8, 4) is 5.75 Å². The van der Waals surface area contributed by atoms with Gasteiger partial charge in [-0.2, -0.15) is 0 Å². The lowest BCUT2D eigenvalue weighted by Crippen LogP contribution is -2.17. The fourth-order valence-electron chi connectivity index (χ4n) is 2.33. The van der Waals surface area contributed by atoms with E-state index >= 15 is 0 Å². The van der Waals surface area contributed by atoms with Gasteiger partial charge in [-0.15, -0.1) is 0 Å². The second-order valence-corrected chi connectivity index (χ2v) is 4.79. The summed E-state index contributed by atoms with van der Waals surface area (Å²) in [6, 6.07) is 8.07. The van der Waals surface area contributed by atoms with Crippen LogP contribution < -0.4 is 4.74 Å². The molecule has 0 bridgehead atoms. The van der Waals surface area contributed by atoms with Gasteiger partial charge in [-0.3, -0.25) is 0 Å². The first-order valence-corrected chi connectivity index (χ1v) is 6.81. The Kier molecular flexibility index (Phi) is 4.01. The maximum absolute atomic E-state index is 5.67. The molecule has 1 saturated heterocycles. The molecule has 1 N–H and O–H groups in total. The van der Waals surface area contributed by atoms with E-state index in [0.29, 0.717) is 19.8 Å². The van der Waals surface area contributed by atoms with Gasteiger partial charge >= 0.3 is 0 Å². The van der Waals surface area contributed by atoms with Crippen LogP contribution in [0.1, 0.15) is 12.8 Å². The number of H-pyrrole nitrogens is 1. The molecule has 3 rings (SSSR count). The maximum atomic E-state index is 5.67. The third-order valence-corrected chi connectivity index (χ3v) is 3.35. The van der Waals surface area contributed by atoms with Gasteiger partial charge < -0.3 is 19.2 Å². The summed E-state index contributed by atoms with van der Waals surface area (Å²) < 4.78 is 16.7. The Balaban J connectivity index is 1.39. The van der Waals surface area contributed by atoms with Crippen LogP contribution in [0.3, 0.4) is 0 Å². The zero-order valence-electron chi connectivity index (χ0n) is 10.9. The fourth-order valence-corrected chi connectivity index (χ4v) is 2.33. The SMILES string of the molecule is c1cc2cc(OCCOC[C@@H]3CCCO3)ccc2[nH]1. The van der Waals surface area contributed by atoms with Gasteiger partial charge in [-0.1, -0.05) is 0 Å². The molecule has 2 aromatic rings. The van der Waals surface area contributed by atoms with E-state index in [1.54, 1.807) is 0 Å². The molecule has 102 valence electrons. The van der Waals surface area contributed by atoms with E-state index in [1.165, 1.54) is 0 Å². The number of aromatic amines is 1. The molecule has 1 aromatic carbocycles. The van der Waals surface area contributed by atoms with Gasteiger partial charge in [0.1, 0.15) is 12.4 Å². The molecule has 2 heterocycles. The Morgan fingerprint density at radius 3 is 3.16 bits per heavy atom. The molecule has 1 fully saturated rings. The van der Waals surface area contributed by atoms with Gasteiger partial charge in [-0.25, -0.2) is 0 Å². The minimum atomic E-state index is 0.288. The van der Waals surface area contributed by atoms with Crippen LogP contribution in [-0.2, 0) is 9.47 Å². The molecule has 0 radical (unpaired) electrons. The molecular weight excluding hydrogens is 242 g/mol. The van der Waals surface area contributed by atoms with E-state index in [1.807, 2.05) is 30.5 Å². The van der Waals surface area contributed by atoms with Crippen molar-refractivity contribution in [2.24, 2.45) is 0 Å². The maximum Gasteiger partial charge on any atom is 0.120 e. The predicted molar refractivity (Wildman–Crippen MR) is 73.6 cm³/mol. The predicted octanol–water partition coefficient (Wildman–Crippen LogP) is 2.74. The molecule has 1 aliphatic rings. The fraction of sp³-hybridized carbons (Fsp3) is 0.467. The lowest BCUT2D eigenvalue weighted by Gasteiger charge is -2.10.